The predicted molar refractivity (Wildman–Crippen MR) is 87.3 cm³/mol. The third-order valence-corrected chi connectivity index (χ3v) is 6.13. The highest BCUT2D eigenvalue weighted by Gasteiger charge is 2.23. The minimum atomic E-state index is -3.48. The molecule has 0 N–H and O–H groups in total. The van der Waals surface area contributed by atoms with Crippen molar-refractivity contribution < 1.29 is 8.42 Å². The second kappa shape index (κ2) is 6.96. The summed E-state index contributed by atoms with van der Waals surface area (Å²) in [7, 11) is -1.88. The van der Waals surface area contributed by atoms with E-state index in [1.165, 1.54) is 4.31 Å². The van der Waals surface area contributed by atoms with Crippen molar-refractivity contribution in [2.75, 3.05) is 7.05 Å². The summed E-state index contributed by atoms with van der Waals surface area (Å²) in [5.41, 5.74) is 0.835. The molecular weight excluding hydrogens is 328 g/mol. The first-order valence-corrected chi connectivity index (χ1v) is 9.58. The van der Waals surface area contributed by atoms with Gasteiger partial charge in [0, 0.05) is 36.9 Å². The van der Waals surface area contributed by atoms with Gasteiger partial charge in [-0.15, -0.1) is 22.9 Å². The Bertz CT molecular complexity index is 678. The van der Waals surface area contributed by atoms with Crippen LogP contribution in [0.5, 0.6) is 0 Å². The van der Waals surface area contributed by atoms with Gasteiger partial charge in [0.25, 0.3) is 0 Å². The minimum absolute atomic E-state index is 0.310. The molecule has 0 spiro atoms. The van der Waals surface area contributed by atoms with Gasteiger partial charge in [-0.25, -0.2) is 8.42 Å². The number of rotatable bonds is 7. The lowest BCUT2D eigenvalue weighted by Gasteiger charge is -2.15. The van der Waals surface area contributed by atoms with Crippen LogP contribution in [0.2, 0.25) is 0 Å². The number of halogens is 1. The van der Waals surface area contributed by atoms with Gasteiger partial charge in [0.2, 0.25) is 10.0 Å². The van der Waals surface area contributed by atoms with Gasteiger partial charge in [0.15, 0.2) is 0 Å². The molecule has 0 bridgehead atoms. The fraction of sp³-hybridized carbons (Fsp3) is 0.429. The van der Waals surface area contributed by atoms with Crippen LogP contribution in [0, 0.1) is 0 Å². The lowest BCUT2D eigenvalue weighted by Crippen LogP contribution is -2.25. The van der Waals surface area contributed by atoms with Gasteiger partial charge >= 0.3 is 0 Å². The van der Waals surface area contributed by atoms with Gasteiger partial charge in [-0.3, -0.25) is 0 Å². The Morgan fingerprint density at radius 1 is 1.43 bits per heavy atom. The molecule has 0 unspecified atom stereocenters. The normalized spacial score (nSPS) is 12.2. The summed E-state index contributed by atoms with van der Waals surface area (Å²) in [6.07, 6.45) is 2.62. The molecule has 0 fully saturated rings. The van der Waals surface area contributed by atoms with Crippen molar-refractivity contribution >= 4 is 33.0 Å². The first-order chi connectivity index (χ1) is 9.98. The van der Waals surface area contributed by atoms with E-state index < -0.39 is 10.0 Å². The van der Waals surface area contributed by atoms with Crippen molar-refractivity contribution in [1.82, 2.24) is 8.87 Å². The van der Waals surface area contributed by atoms with Crippen LogP contribution < -0.4 is 0 Å². The summed E-state index contributed by atoms with van der Waals surface area (Å²) in [4.78, 5) is 1.33. The van der Waals surface area contributed by atoms with Crippen molar-refractivity contribution in [3.63, 3.8) is 0 Å². The number of nitrogens with zero attached hydrogens (tertiary/aromatic N) is 2. The highest BCUT2D eigenvalue weighted by atomic mass is 35.5. The molecule has 0 aromatic carbocycles. The van der Waals surface area contributed by atoms with E-state index in [1.807, 2.05) is 22.1 Å². The van der Waals surface area contributed by atoms with Crippen LogP contribution in [-0.2, 0) is 29.0 Å². The van der Waals surface area contributed by atoms with Gasteiger partial charge in [0.05, 0.1) is 5.88 Å². The second-order valence-electron chi connectivity index (χ2n) is 4.83. The van der Waals surface area contributed by atoms with E-state index in [4.69, 9.17) is 11.6 Å². The van der Waals surface area contributed by atoms with Crippen molar-refractivity contribution in [2.24, 2.45) is 0 Å². The Morgan fingerprint density at radius 3 is 2.76 bits per heavy atom. The number of sulfonamides is 1. The highest BCUT2D eigenvalue weighted by Crippen LogP contribution is 2.22. The quantitative estimate of drug-likeness (QED) is 0.720. The summed E-state index contributed by atoms with van der Waals surface area (Å²) in [6, 6.07) is 5.52. The van der Waals surface area contributed by atoms with Crippen LogP contribution in [0.4, 0.5) is 0 Å². The van der Waals surface area contributed by atoms with Crippen molar-refractivity contribution in [1.29, 1.82) is 0 Å². The van der Waals surface area contributed by atoms with Crippen molar-refractivity contribution in [3.8, 4) is 0 Å². The first kappa shape index (κ1) is 16.5. The second-order valence-corrected chi connectivity index (χ2v) is 8.18. The van der Waals surface area contributed by atoms with E-state index in [0.717, 1.165) is 23.5 Å². The summed E-state index contributed by atoms with van der Waals surface area (Å²) in [5, 5.41) is 1.94. The Kier molecular flexibility index (Phi) is 5.48. The van der Waals surface area contributed by atoms with Crippen LogP contribution in [-0.4, -0.2) is 24.3 Å². The topological polar surface area (TPSA) is 42.3 Å². The maximum atomic E-state index is 12.6. The van der Waals surface area contributed by atoms with Crippen LogP contribution in [0.3, 0.4) is 0 Å². The van der Waals surface area contributed by atoms with E-state index >= 15 is 0 Å². The number of thiophene rings is 1. The van der Waals surface area contributed by atoms with Gasteiger partial charge in [0.1, 0.15) is 4.90 Å². The molecule has 0 saturated heterocycles. The summed E-state index contributed by atoms with van der Waals surface area (Å²) in [6.45, 7) is 3.20. The molecule has 7 heteroatoms. The monoisotopic (exact) mass is 346 g/mol. The number of alkyl halides is 1. The number of hydrogen-bond acceptors (Lipinski definition) is 3. The van der Waals surface area contributed by atoms with Crippen LogP contribution in [0.1, 0.15) is 23.9 Å². The lowest BCUT2D eigenvalue weighted by molar-refractivity contribution is 0.469. The van der Waals surface area contributed by atoms with Crippen LogP contribution in [0.25, 0.3) is 0 Å². The fourth-order valence-electron chi connectivity index (χ4n) is 2.11. The zero-order valence-electron chi connectivity index (χ0n) is 12.1. The average molecular weight is 347 g/mol. The molecule has 4 nitrogen and oxygen atoms in total. The van der Waals surface area contributed by atoms with Crippen molar-refractivity contribution in [2.45, 2.75) is 37.2 Å². The Balaban J connectivity index is 2.26. The molecule has 2 rings (SSSR count). The molecule has 21 heavy (non-hydrogen) atoms. The SMILES string of the molecule is CCCn1cc(S(=O)(=O)N(C)Cc2cccs2)cc1CCl. The molecule has 0 aliphatic carbocycles. The largest absolute Gasteiger partial charge is 0.349 e. The molecule has 0 amide bonds. The Hall–Kier alpha value is -0.820. The van der Waals surface area contributed by atoms with E-state index in [-0.39, 0.29) is 0 Å². The van der Waals surface area contributed by atoms with Crippen molar-refractivity contribution in [3.05, 3.63) is 40.3 Å². The number of hydrogen-bond donors (Lipinski definition) is 0. The number of aryl methyl sites for hydroxylation is 1. The molecular formula is C14H19ClN2O2S2. The summed E-state index contributed by atoms with van der Waals surface area (Å²) in [5.74, 6) is 0.310. The third kappa shape index (κ3) is 3.69. The Morgan fingerprint density at radius 2 is 2.19 bits per heavy atom. The van der Waals surface area contributed by atoms with E-state index in [0.29, 0.717) is 17.3 Å². The third-order valence-electron chi connectivity index (χ3n) is 3.23. The zero-order valence-corrected chi connectivity index (χ0v) is 14.5. The van der Waals surface area contributed by atoms with E-state index in [1.54, 1.807) is 30.6 Å². The van der Waals surface area contributed by atoms with E-state index in [9.17, 15) is 8.42 Å². The lowest BCUT2D eigenvalue weighted by atomic mass is 10.4. The maximum absolute atomic E-state index is 12.6. The van der Waals surface area contributed by atoms with Gasteiger partial charge < -0.3 is 4.57 Å². The van der Waals surface area contributed by atoms with E-state index in [2.05, 4.69) is 6.92 Å². The highest BCUT2D eigenvalue weighted by molar-refractivity contribution is 7.89. The molecule has 2 heterocycles. The molecule has 0 atom stereocenters. The molecule has 2 aromatic rings. The first-order valence-electron chi connectivity index (χ1n) is 6.72. The summed E-state index contributed by atoms with van der Waals surface area (Å²) < 4.78 is 28.5. The number of aromatic nitrogens is 1. The average Bonchev–Trinajstić information content (AvgIpc) is 3.08. The zero-order chi connectivity index (χ0) is 15.5. The minimum Gasteiger partial charge on any atom is -0.349 e. The summed E-state index contributed by atoms with van der Waals surface area (Å²) >= 11 is 7.45. The molecule has 0 aliphatic heterocycles. The molecule has 116 valence electrons. The Labute approximate surface area is 135 Å². The maximum Gasteiger partial charge on any atom is 0.244 e. The standard InChI is InChI=1S/C14H19ClN2O2S2/c1-3-6-17-11-14(8-12(17)9-15)21(18,19)16(2)10-13-5-4-7-20-13/h4-5,7-8,11H,3,6,9-10H2,1-2H3. The van der Waals surface area contributed by atoms with Crippen LogP contribution >= 0.6 is 22.9 Å². The molecule has 0 saturated carbocycles. The van der Waals surface area contributed by atoms with Gasteiger partial charge in [-0.05, 0) is 23.9 Å². The molecule has 0 aliphatic rings. The molecule has 2 aromatic heterocycles. The fourth-order valence-corrected chi connectivity index (χ4v) is 4.40. The predicted octanol–water partition coefficient (Wildman–Crippen LogP) is 3.52. The van der Waals surface area contributed by atoms with Gasteiger partial charge in [-0.1, -0.05) is 13.0 Å². The van der Waals surface area contributed by atoms with Crippen LogP contribution in [0.15, 0.2) is 34.7 Å². The van der Waals surface area contributed by atoms with Gasteiger partial charge in [-0.2, -0.15) is 4.31 Å². The molecule has 0 radical (unpaired) electrons. The smallest absolute Gasteiger partial charge is 0.244 e.